The van der Waals surface area contributed by atoms with Crippen molar-refractivity contribution in [2.24, 2.45) is 10.1 Å². The van der Waals surface area contributed by atoms with Gasteiger partial charge in [-0.25, -0.2) is 5.01 Å². The number of thioether (sulfide) groups is 1. The van der Waals surface area contributed by atoms with E-state index in [4.69, 9.17) is 19.6 Å². The van der Waals surface area contributed by atoms with E-state index in [9.17, 15) is 4.79 Å². The number of hydrogen-bond acceptors (Lipinski definition) is 7. The maximum Gasteiger partial charge on any atom is 0.276 e. The van der Waals surface area contributed by atoms with Gasteiger partial charge in [0.15, 0.2) is 22.8 Å². The van der Waals surface area contributed by atoms with E-state index in [0.29, 0.717) is 41.3 Å². The Balaban J connectivity index is 1.54. The number of amidine groups is 1. The second kappa shape index (κ2) is 10.7. The number of fused-ring (bicyclic) bond motifs is 2. The van der Waals surface area contributed by atoms with Gasteiger partial charge in [0.1, 0.15) is 12.3 Å². The molecule has 0 aromatic heterocycles. The van der Waals surface area contributed by atoms with Crippen molar-refractivity contribution in [2.45, 2.75) is 19.7 Å². The van der Waals surface area contributed by atoms with Crippen LogP contribution in [0.4, 0.5) is 0 Å². The predicted molar refractivity (Wildman–Crippen MR) is 142 cm³/mol. The number of ether oxygens (including phenoxy) is 2. The summed E-state index contributed by atoms with van der Waals surface area (Å²) in [4.78, 5) is 18.2. The third-order valence-electron chi connectivity index (χ3n) is 5.66. The molecule has 1 N–H and O–H groups in total. The molecule has 3 aromatic carbocycles. The number of hydrazone groups is 1. The number of nitrogens with zero attached hydrogens (tertiary/aromatic N) is 3. The predicted octanol–water partition coefficient (Wildman–Crippen LogP) is 3.73. The van der Waals surface area contributed by atoms with E-state index in [1.807, 2.05) is 79.7 Å². The molecule has 2 heterocycles. The molecule has 0 aliphatic carbocycles. The first-order valence-electron chi connectivity index (χ1n) is 11.7. The van der Waals surface area contributed by atoms with Crippen molar-refractivity contribution in [3.05, 3.63) is 107 Å². The summed E-state index contributed by atoms with van der Waals surface area (Å²) < 4.78 is 12.0. The van der Waals surface area contributed by atoms with E-state index in [1.165, 1.54) is 11.8 Å². The van der Waals surface area contributed by atoms with Crippen LogP contribution in [0.1, 0.15) is 24.2 Å². The fourth-order valence-electron chi connectivity index (χ4n) is 4.06. The van der Waals surface area contributed by atoms with Crippen molar-refractivity contribution in [2.75, 3.05) is 12.4 Å². The molecule has 2 aliphatic rings. The fourth-order valence-corrected chi connectivity index (χ4v) is 4.64. The number of benzene rings is 3. The van der Waals surface area contributed by atoms with Gasteiger partial charge in [-0.15, -0.1) is 11.7 Å². The van der Waals surface area contributed by atoms with Gasteiger partial charge in [-0.3, -0.25) is 15.1 Å². The normalized spacial score (nSPS) is 16.2. The lowest BCUT2D eigenvalue weighted by Gasteiger charge is -2.34. The smallest absolute Gasteiger partial charge is 0.276 e. The van der Waals surface area contributed by atoms with Crippen LogP contribution in [0.5, 0.6) is 11.5 Å². The van der Waals surface area contributed by atoms with Gasteiger partial charge in [0, 0.05) is 16.5 Å². The summed E-state index contributed by atoms with van der Waals surface area (Å²) in [6.07, 6.45) is 1.23. The van der Waals surface area contributed by atoms with Gasteiger partial charge < -0.3 is 9.47 Å². The van der Waals surface area contributed by atoms with Gasteiger partial charge in [-0.05, 0) is 30.7 Å². The Bertz CT molecular complexity index is 1440. The summed E-state index contributed by atoms with van der Waals surface area (Å²) in [5.74, 6) is 1.68. The Hall–Kier alpha value is -4.04. The monoisotopic (exact) mass is 498 g/mol. The Labute approximate surface area is 213 Å². The molecular weight excluding hydrogens is 472 g/mol. The zero-order chi connectivity index (χ0) is 24.9. The van der Waals surface area contributed by atoms with Crippen molar-refractivity contribution in [1.29, 1.82) is 0 Å². The lowest BCUT2D eigenvalue weighted by atomic mass is 10.1. The first-order valence-corrected chi connectivity index (χ1v) is 12.7. The zero-order valence-corrected chi connectivity index (χ0v) is 20.7. The number of nitrogens with one attached hydrogen (secondary N) is 1. The maximum atomic E-state index is 13.2. The highest BCUT2D eigenvalue weighted by Crippen LogP contribution is 2.36. The fraction of sp³-hybridized carbons (Fsp3) is 0.179. The Kier molecular flexibility index (Phi) is 7.04. The van der Waals surface area contributed by atoms with Crippen LogP contribution in [0.2, 0.25) is 0 Å². The van der Waals surface area contributed by atoms with E-state index >= 15 is 0 Å². The van der Waals surface area contributed by atoms with Gasteiger partial charge >= 0.3 is 0 Å². The van der Waals surface area contributed by atoms with Crippen LogP contribution in [-0.4, -0.2) is 28.4 Å². The van der Waals surface area contributed by atoms with Gasteiger partial charge in [-0.2, -0.15) is 0 Å². The minimum atomic E-state index is -0.539. The Morgan fingerprint density at radius 2 is 1.86 bits per heavy atom. The van der Waals surface area contributed by atoms with E-state index in [0.717, 1.165) is 21.7 Å². The summed E-state index contributed by atoms with van der Waals surface area (Å²) in [7, 11) is 0. The third-order valence-corrected chi connectivity index (χ3v) is 6.52. The first kappa shape index (κ1) is 23.7. The lowest BCUT2D eigenvalue weighted by molar-refractivity contribution is -0.116. The molecule has 0 radical (unpaired) electrons. The summed E-state index contributed by atoms with van der Waals surface area (Å²) in [5.41, 5.74) is 2.38. The molecule has 1 unspecified atom stereocenters. The first-order chi connectivity index (χ1) is 17.7. The molecule has 3 aromatic rings. The number of hydrogen-bond donors (Lipinski definition) is 1. The highest BCUT2D eigenvalue weighted by atomic mass is 32.2. The molecule has 0 bridgehead atoms. The van der Waals surface area contributed by atoms with Gasteiger partial charge in [0.25, 0.3) is 5.91 Å². The van der Waals surface area contributed by atoms with Crippen molar-refractivity contribution >= 4 is 28.5 Å². The quantitative estimate of drug-likeness (QED) is 0.479. The van der Waals surface area contributed by atoms with Crippen molar-refractivity contribution in [3.63, 3.8) is 0 Å². The Morgan fingerprint density at radius 3 is 2.67 bits per heavy atom. The van der Waals surface area contributed by atoms with E-state index in [2.05, 4.69) is 11.9 Å². The molecule has 182 valence electrons. The minimum Gasteiger partial charge on any atom is -0.490 e. The van der Waals surface area contributed by atoms with Crippen LogP contribution < -0.4 is 25.4 Å². The summed E-state index contributed by atoms with van der Waals surface area (Å²) >= 11 is 1.41. The van der Waals surface area contributed by atoms with Crippen molar-refractivity contribution < 1.29 is 14.3 Å². The molecule has 0 spiro atoms. The molecule has 0 fully saturated rings. The summed E-state index contributed by atoms with van der Waals surface area (Å²) in [6, 6.07) is 23.3. The van der Waals surface area contributed by atoms with Crippen molar-refractivity contribution in [3.8, 4) is 11.5 Å². The van der Waals surface area contributed by atoms with E-state index in [1.54, 1.807) is 11.1 Å². The number of rotatable bonds is 8. The molecular formula is C28H26N4O3S. The molecule has 1 amide bonds. The van der Waals surface area contributed by atoms with Crippen molar-refractivity contribution in [1.82, 2.24) is 10.3 Å². The highest BCUT2D eigenvalue weighted by Gasteiger charge is 2.34. The minimum absolute atomic E-state index is 0.211. The zero-order valence-electron chi connectivity index (χ0n) is 19.9. The topological polar surface area (TPSA) is 75.5 Å². The molecule has 36 heavy (non-hydrogen) atoms. The Morgan fingerprint density at radius 1 is 1.06 bits per heavy atom. The average molecular weight is 499 g/mol. The van der Waals surface area contributed by atoms with Crippen LogP contribution in [0.3, 0.4) is 0 Å². The number of amides is 1. The van der Waals surface area contributed by atoms with Crippen LogP contribution in [-0.2, 0) is 11.4 Å². The van der Waals surface area contributed by atoms with Gasteiger partial charge in [0.2, 0.25) is 0 Å². The second-order valence-electron chi connectivity index (χ2n) is 8.09. The summed E-state index contributed by atoms with van der Waals surface area (Å²) in [6.45, 7) is 6.61. The molecule has 1 atom stereocenters. The lowest BCUT2D eigenvalue weighted by Crippen LogP contribution is -2.50. The van der Waals surface area contributed by atoms with Gasteiger partial charge in [-0.1, -0.05) is 72.4 Å². The van der Waals surface area contributed by atoms with Crippen LogP contribution in [0.15, 0.2) is 95.5 Å². The molecule has 8 heteroatoms. The molecule has 5 rings (SSSR count). The second-order valence-corrected chi connectivity index (χ2v) is 9.09. The molecule has 2 aliphatic heterocycles. The van der Waals surface area contributed by atoms with Crippen LogP contribution in [0.25, 0.3) is 5.70 Å². The SMILES string of the molecule is C=CCSC1=NN2C(=c3ccccc3=NC2c2ccc(OCc3ccccc3)c(OCC)c2)C(=O)N1. The summed E-state index contributed by atoms with van der Waals surface area (Å²) in [5, 5.41) is 11.3. The molecule has 0 saturated carbocycles. The number of carbonyl (C=O) groups is 1. The standard InChI is InChI=1S/C28H26N4O3S/c1-3-16-36-28-30-27(33)25-21-12-8-9-13-22(21)29-26(32(25)31-28)20-14-15-23(24(17-20)34-4-2)35-18-19-10-6-5-7-11-19/h3,5-15,17,26H,1,4,16,18H2,2H3,(H,30,31,33). The van der Waals surface area contributed by atoms with E-state index < -0.39 is 6.17 Å². The van der Waals surface area contributed by atoms with Crippen LogP contribution in [0, 0.1) is 0 Å². The largest absolute Gasteiger partial charge is 0.490 e. The molecule has 7 nitrogen and oxygen atoms in total. The molecule has 0 saturated heterocycles. The van der Waals surface area contributed by atoms with E-state index in [-0.39, 0.29) is 5.91 Å². The van der Waals surface area contributed by atoms with Crippen LogP contribution >= 0.6 is 11.8 Å². The number of carbonyl (C=O) groups excluding carboxylic acids is 1. The third kappa shape index (κ3) is 4.85. The highest BCUT2D eigenvalue weighted by molar-refractivity contribution is 8.14. The van der Waals surface area contributed by atoms with Gasteiger partial charge in [0.05, 0.1) is 12.0 Å². The number of para-hydroxylation sites is 1. The maximum absolute atomic E-state index is 13.2. The average Bonchev–Trinajstić information content (AvgIpc) is 2.91.